The van der Waals surface area contributed by atoms with E-state index in [0.717, 1.165) is 16.5 Å². The molecule has 20 nitrogen and oxygen atoms in total. The monoisotopic (exact) mass is 1190 g/mol. The van der Waals surface area contributed by atoms with E-state index in [1.54, 1.807) is 34.0 Å². The number of ketones is 3. The van der Waals surface area contributed by atoms with Crippen LogP contribution in [0.25, 0.3) is 33.3 Å². The molecular weight excluding hydrogens is 1100 g/mol. The highest BCUT2D eigenvalue weighted by Gasteiger charge is 2.53. The number of piperidine rings is 1. The van der Waals surface area contributed by atoms with Crippen molar-refractivity contribution in [3.63, 3.8) is 0 Å². The Bertz CT molecular complexity index is 3200. The number of nitrogen functional groups attached to an aromatic ring is 1. The Labute approximate surface area is 505 Å². The summed E-state index contributed by atoms with van der Waals surface area (Å²) in [5.74, 6) is -7.70. The molecule has 1 aromatic carbocycles. The number of carbonyl (C=O) groups excluding carboxylic acids is 5. The van der Waals surface area contributed by atoms with Gasteiger partial charge in [0.1, 0.15) is 59.8 Å². The van der Waals surface area contributed by atoms with Gasteiger partial charge < -0.3 is 54.6 Å². The molecule has 15 atom stereocenters. The van der Waals surface area contributed by atoms with Gasteiger partial charge in [-0.25, -0.2) is 19.4 Å². The van der Waals surface area contributed by atoms with Gasteiger partial charge in [-0.2, -0.15) is 5.10 Å². The van der Waals surface area contributed by atoms with E-state index in [1.165, 1.54) is 18.3 Å². The molecule has 2 saturated heterocycles. The molecule has 3 fully saturated rings. The number of hydrogen-bond acceptors (Lipinski definition) is 17. The fourth-order valence-corrected chi connectivity index (χ4v) is 13.0. The van der Waals surface area contributed by atoms with Gasteiger partial charge in [-0.05, 0) is 145 Å². The third-order valence-corrected chi connectivity index (χ3v) is 18.3. The molecule has 4 aromatic rings. The summed E-state index contributed by atoms with van der Waals surface area (Å²) in [6.45, 7) is 16.7. The summed E-state index contributed by atoms with van der Waals surface area (Å²) in [5, 5.41) is 41.0. The lowest BCUT2D eigenvalue weighted by atomic mass is 9.78. The number of hydrogen-bond donors (Lipinski definition) is 5. The Morgan fingerprint density at radius 2 is 1.65 bits per heavy atom. The number of carbonyl (C=O) groups is 5. The van der Waals surface area contributed by atoms with Crippen LogP contribution in [0.4, 0.5) is 5.82 Å². The van der Waals surface area contributed by atoms with Gasteiger partial charge in [0, 0.05) is 68.3 Å². The maximum atomic E-state index is 14.7. The van der Waals surface area contributed by atoms with Crippen LogP contribution in [0.15, 0.2) is 78.2 Å². The number of nitrogens with zero attached hydrogens (tertiary/aromatic N) is 5. The van der Waals surface area contributed by atoms with Crippen molar-refractivity contribution in [2.24, 2.45) is 35.5 Å². The highest BCUT2D eigenvalue weighted by molar-refractivity contribution is 6.39. The molecule has 468 valence electrons. The highest BCUT2D eigenvalue weighted by Crippen LogP contribution is 2.40. The number of benzene rings is 1. The smallest absolute Gasteiger partial charge is 0.329 e. The maximum absolute atomic E-state index is 14.7. The van der Waals surface area contributed by atoms with Crippen LogP contribution >= 0.6 is 0 Å². The molecule has 6 N–H and O–H groups in total. The van der Waals surface area contributed by atoms with Gasteiger partial charge in [-0.3, -0.25) is 19.2 Å². The van der Waals surface area contributed by atoms with Crippen molar-refractivity contribution in [2.75, 3.05) is 26.5 Å². The first-order valence-corrected chi connectivity index (χ1v) is 30.8. The molecule has 86 heavy (non-hydrogen) atoms. The number of methoxy groups -OCH3 is 2. The van der Waals surface area contributed by atoms with Gasteiger partial charge in [-0.15, -0.1) is 0 Å². The van der Waals surface area contributed by atoms with Crippen molar-refractivity contribution in [3.05, 3.63) is 78.2 Å². The number of aromatic amines is 1. The van der Waals surface area contributed by atoms with E-state index in [4.69, 9.17) is 34.5 Å². The van der Waals surface area contributed by atoms with Crippen molar-refractivity contribution < 1.29 is 63.0 Å². The molecule has 2 bridgehead atoms. The van der Waals surface area contributed by atoms with Crippen molar-refractivity contribution in [1.82, 2.24) is 29.6 Å². The van der Waals surface area contributed by atoms with Gasteiger partial charge in [0.25, 0.3) is 11.7 Å². The van der Waals surface area contributed by atoms with E-state index < -0.39 is 83.9 Å². The summed E-state index contributed by atoms with van der Waals surface area (Å²) in [5.41, 5.74) is 10.3. The molecule has 8 rings (SSSR count). The number of ether oxygens (including phenoxy) is 5. The maximum Gasteiger partial charge on any atom is 0.329 e. The van der Waals surface area contributed by atoms with Crippen LogP contribution in [0.5, 0.6) is 5.75 Å². The Hall–Kier alpha value is -6.42. The van der Waals surface area contributed by atoms with Gasteiger partial charge in [0.05, 0.1) is 29.4 Å². The molecule has 3 aromatic heterocycles. The molecule has 0 radical (unpaired) electrons. The first kappa shape index (κ1) is 65.6. The number of rotatable bonds is 9. The number of anilines is 1. The molecule has 20 heteroatoms. The number of cyclic esters (lactones) is 1. The summed E-state index contributed by atoms with van der Waals surface area (Å²) >= 11 is 0. The van der Waals surface area contributed by atoms with E-state index in [1.807, 2.05) is 101 Å². The number of aliphatic hydroxyl groups excluding tert-OH is 2. The number of nitrogens with two attached hydrogens (primary N) is 1. The number of aromatic nitrogens is 5. The molecule has 0 spiro atoms. The van der Waals surface area contributed by atoms with Crippen molar-refractivity contribution in [3.8, 4) is 17.1 Å². The normalized spacial score (nSPS) is 33.6. The molecule has 1 saturated carbocycles. The van der Waals surface area contributed by atoms with E-state index in [2.05, 4.69) is 15.0 Å². The number of esters is 1. The number of nitrogens with one attached hydrogen (secondary N) is 1. The Morgan fingerprint density at radius 1 is 0.884 bits per heavy atom. The fraction of sp³-hybridized carbons (Fsp3) is 0.606. The summed E-state index contributed by atoms with van der Waals surface area (Å²) in [6, 6.07) is 6.43. The minimum atomic E-state index is -2.55. The summed E-state index contributed by atoms with van der Waals surface area (Å²) in [7, 11) is 2.94. The highest BCUT2D eigenvalue weighted by atomic mass is 16.6. The second-order valence-corrected chi connectivity index (χ2v) is 25.2. The number of Topliss-reactive ketones (excluding diaryl/α,β-unsaturated/α-hetero) is 3. The van der Waals surface area contributed by atoms with E-state index in [0.29, 0.717) is 97.3 Å². The SMILES string of the molecule is CO[C@@H]1C[C@@H](CC(C)[C@@H]2CC(=O)[C@H](C)/C=C(\C)[C@@H](O)[C@@H](OC)C(=O)[C@H](C)C[C@H](C)/C=C/C=C/C=C(/C)[C@@H](Oc3ccc4[nH]c(-c5nn(C(C)C)c6ncnc(N)c56)cc4c3)C[C@@H]3CC[C@@H](C)[C@@](O)(O3)C(=O)C(=O)N3CCCCC3C(=O)O2)CC[C@H]1O. The second-order valence-electron chi connectivity index (χ2n) is 25.2. The quantitative estimate of drug-likeness (QED) is 0.0593. The van der Waals surface area contributed by atoms with Gasteiger partial charge in [0.2, 0.25) is 5.79 Å². The number of allylic oxidation sites excluding steroid dienone is 6. The Kier molecular flexibility index (Phi) is 21.8. The predicted octanol–water partition coefficient (Wildman–Crippen LogP) is 9.06. The standard InChI is InChI=1S/C66H91N7O13/c1-36(2)73-63-56(62(67)68-35-69-63)57(71-73)49-32-45-31-46(23-24-48(45)70-49)84-53-33-47-22-20-43(9)66(81,86-47)61(78)64(79)72-26-16-15-19-50(72)65(80)85-54(40(6)29-44-21-25-51(74)55(30-44)82-10)34-52(75)39(5)28-42(8)59(77)60(83-11)58(76)41(7)27-37(3)17-13-12-14-18-38(53)4/h12-14,17-18,23-24,28,31-32,35-37,39-41,43-44,47,50-51,53-55,59-60,70,74,77,81H,15-16,19-22,25-27,29-30,33-34H2,1-11H3,(H2,67,68,69)/b14-12+,17-13+,38-18-,42-28+/t37-,39-,40?,41-,43-,44-,47+,50?,51-,53+,54+,55-,59-,60+,66-/m1/s1. The summed E-state index contributed by atoms with van der Waals surface area (Å²) < 4.78 is 32.7. The average molecular weight is 1190 g/mol. The molecule has 4 aliphatic rings. The predicted molar refractivity (Wildman–Crippen MR) is 326 cm³/mol. The van der Waals surface area contributed by atoms with Gasteiger partial charge in [0.15, 0.2) is 11.4 Å². The zero-order valence-electron chi connectivity index (χ0n) is 51.9. The lowest BCUT2D eigenvalue weighted by Gasteiger charge is -2.43. The second kappa shape index (κ2) is 28.6. The topological polar surface area (TPSA) is 281 Å². The van der Waals surface area contributed by atoms with Crippen molar-refractivity contribution in [1.29, 1.82) is 0 Å². The molecule has 6 heterocycles. The van der Waals surface area contributed by atoms with Crippen LogP contribution in [0.3, 0.4) is 0 Å². The number of amides is 1. The number of aliphatic hydroxyl groups is 3. The summed E-state index contributed by atoms with van der Waals surface area (Å²) in [6.07, 6.45) is 11.4. The minimum Gasteiger partial charge on any atom is -0.486 e. The minimum absolute atomic E-state index is 0.000298. The number of H-pyrrole nitrogens is 1. The third-order valence-electron chi connectivity index (χ3n) is 18.3. The first-order chi connectivity index (χ1) is 40.9. The van der Waals surface area contributed by atoms with E-state index >= 15 is 0 Å². The Morgan fingerprint density at radius 3 is 2.38 bits per heavy atom. The van der Waals surface area contributed by atoms with Gasteiger partial charge in [-0.1, -0.05) is 71.1 Å². The van der Waals surface area contributed by atoms with Crippen molar-refractivity contribution >= 4 is 57.0 Å². The van der Waals surface area contributed by atoms with Crippen LogP contribution < -0.4 is 10.5 Å². The zero-order valence-corrected chi connectivity index (χ0v) is 51.9. The van der Waals surface area contributed by atoms with Crippen molar-refractivity contribution in [2.45, 2.75) is 200 Å². The molecule has 3 aliphatic heterocycles. The average Bonchev–Trinajstić information content (AvgIpc) is 2.09. The van der Waals surface area contributed by atoms with Crippen LogP contribution in [-0.4, -0.2) is 149 Å². The van der Waals surface area contributed by atoms with Crippen LogP contribution in [0, 0.1) is 35.5 Å². The lowest BCUT2D eigenvalue weighted by Crippen LogP contribution is -2.61. The first-order valence-electron chi connectivity index (χ1n) is 30.8. The molecule has 1 aliphatic carbocycles. The molecular formula is C66H91N7O13. The Balaban J connectivity index is 1.11. The number of fused-ring (bicyclic) bond motifs is 5. The molecule has 1 amide bonds. The third kappa shape index (κ3) is 14.9. The van der Waals surface area contributed by atoms with E-state index in [-0.39, 0.29) is 67.3 Å². The van der Waals surface area contributed by atoms with E-state index in [9.17, 15) is 39.3 Å². The fourth-order valence-electron chi connectivity index (χ4n) is 13.0. The van der Waals surface area contributed by atoms with Crippen LogP contribution in [-0.2, 0) is 42.9 Å². The lowest BCUT2D eigenvalue weighted by molar-refractivity contribution is -0.265. The largest absolute Gasteiger partial charge is 0.486 e. The summed E-state index contributed by atoms with van der Waals surface area (Å²) in [4.78, 5) is 85.8. The van der Waals surface area contributed by atoms with Crippen LogP contribution in [0.2, 0.25) is 0 Å². The zero-order chi connectivity index (χ0) is 62.3. The van der Waals surface area contributed by atoms with Gasteiger partial charge >= 0.3 is 5.97 Å². The van der Waals surface area contributed by atoms with Crippen LogP contribution in [0.1, 0.15) is 145 Å². The molecule has 2 unspecified atom stereocenters.